The van der Waals surface area contributed by atoms with Gasteiger partial charge in [0.1, 0.15) is 11.4 Å². The van der Waals surface area contributed by atoms with Crippen LogP contribution in [-0.2, 0) is 10.1 Å². The summed E-state index contributed by atoms with van der Waals surface area (Å²) in [6.45, 7) is 3.04. The van der Waals surface area contributed by atoms with E-state index in [2.05, 4.69) is 10.3 Å². The van der Waals surface area contributed by atoms with Crippen molar-refractivity contribution in [1.29, 1.82) is 0 Å². The van der Waals surface area contributed by atoms with E-state index in [4.69, 9.17) is 9.66 Å². The Morgan fingerprint density at radius 2 is 1.76 bits per heavy atom. The van der Waals surface area contributed by atoms with E-state index < -0.39 is 32.9 Å². The summed E-state index contributed by atoms with van der Waals surface area (Å²) in [6, 6.07) is 2.73. The van der Waals surface area contributed by atoms with Gasteiger partial charge in [0.15, 0.2) is 0 Å². The second-order valence-electron chi connectivity index (χ2n) is 6.61. The first-order valence-corrected chi connectivity index (χ1v) is 10.4. The molecule has 1 aromatic carbocycles. The molecule has 12 heteroatoms. The van der Waals surface area contributed by atoms with Crippen LogP contribution in [0.15, 0.2) is 23.1 Å². The average Bonchev–Trinajstić information content (AvgIpc) is 2.61. The quantitative estimate of drug-likeness (QED) is 0.587. The van der Waals surface area contributed by atoms with Crippen LogP contribution in [0.2, 0.25) is 0 Å². The van der Waals surface area contributed by atoms with Crippen molar-refractivity contribution in [2.24, 2.45) is 0 Å². The Hall–Kier alpha value is -2.70. The third kappa shape index (κ3) is 5.65. The topological polar surface area (TPSA) is 132 Å². The number of nitrogens with zero attached hydrogens (tertiary/aromatic N) is 3. The van der Waals surface area contributed by atoms with E-state index in [-0.39, 0.29) is 5.39 Å². The number of aromatic carboxylic acids is 1. The molecule has 1 saturated heterocycles. The predicted molar refractivity (Wildman–Crippen MR) is 108 cm³/mol. The molecule has 2 aromatic rings. The number of piperazine rings is 1. The highest BCUT2D eigenvalue weighted by Crippen LogP contribution is 2.25. The highest BCUT2D eigenvalue weighted by molar-refractivity contribution is 7.85. The summed E-state index contributed by atoms with van der Waals surface area (Å²) in [5, 5.41) is 9.19. The van der Waals surface area contributed by atoms with E-state index in [0.29, 0.717) is 30.5 Å². The number of carbonyl (C=O) groups is 1. The fourth-order valence-corrected chi connectivity index (χ4v) is 2.96. The number of pyridine rings is 1. The smallest absolute Gasteiger partial charge is 0.341 e. The number of carboxylic acids is 1. The lowest BCUT2D eigenvalue weighted by atomic mass is 10.1. The van der Waals surface area contributed by atoms with E-state index in [0.717, 1.165) is 19.2 Å². The van der Waals surface area contributed by atoms with E-state index in [1.807, 2.05) is 11.9 Å². The Morgan fingerprint density at radius 1 is 1.21 bits per heavy atom. The minimum atomic E-state index is -3.67. The van der Waals surface area contributed by atoms with Crippen molar-refractivity contribution in [1.82, 2.24) is 9.58 Å². The Morgan fingerprint density at radius 3 is 2.24 bits per heavy atom. The van der Waals surface area contributed by atoms with Crippen LogP contribution in [0.4, 0.5) is 10.1 Å². The Labute approximate surface area is 166 Å². The molecule has 1 fully saturated rings. The van der Waals surface area contributed by atoms with Crippen molar-refractivity contribution in [3.63, 3.8) is 0 Å². The molecule has 0 radical (unpaired) electrons. The molecule has 10 nitrogen and oxygen atoms in total. The molecule has 0 saturated carbocycles. The van der Waals surface area contributed by atoms with Gasteiger partial charge in [-0.05, 0) is 19.2 Å². The maximum atomic E-state index is 14.6. The predicted octanol–water partition coefficient (Wildman–Crippen LogP) is 0.268. The van der Waals surface area contributed by atoms with Gasteiger partial charge in [-0.25, -0.2) is 9.18 Å². The normalized spacial score (nSPS) is 15.0. The number of likely N-dealkylation sites (N-methyl/N-ethyl adjacent to an activating group) is 1. The molecule has 3 rings (SSSR count). The molecule has 29 heavy (non-hydrogen) atoms. The van der Waals surface area contributed by atoms with Crippen molar-refractivity contribution >= 4 is 32.7 Å². The maximum Gasteiger partial charge on any atom is 0.341 e. The molecule has 160 valence electrons. The molecule has 1 aliphatic rings. The van der Waals surface area contributed by atoms with E-state index in [1.54, 1.807) is 13.1 Å². The van der Waals surface area contributed by atoms with Crippen molar-refractivity contribution in [3.05, 3.63) is 39.9 Å². The van der Waals surface area contributed by atoms with Gasteiger partial charge in [-0.15, -0.1) is 0 Å². The highest BCUT2D eigenvalue weighted by atomic mass is 32.2. The van der Waals surface area contributed by atoms with Crippen LogP contribution in [0.3, 0.4) is 0 Å². The molecular weight excluding hydrogens is 407 g/mol. The standard InChI is InChI=1S/C16H19FN4O3.CH4O3S/c1-18-21-9-11(16(23)24)15(22)10-7-12(17)14(8-13(10)21)20-5-3-19(2)4-6-20;1-5(2,3)4/h7-9,18H,3-6H2,1-2H3,(H,23,24);1H3,(H,2,3,4). The number of fused-ring (bicyclic) bond motifs is 1. The SMILES string of the molecule is CNn1cc(C(=O)O)c(=O)c2cc(F)c(N3CCN(C)CC3)cc21.CS(=O)(=O)O. The molecule has 2 heterocycles. The molecule has 0 unspecified atom stereocenters. The Kier molecular flexibility index (Phi) is 6.82. The van der Waals surface area contributed by atoms with Crippen LogP contribution in [0.1, 0.15) is 10.4 Å². The van der Waals surface area contributed by atoms with Crippen molar-refractivity contribution in [3.8, 4) is 0 Å². The minimum absolute atomic E-state index is 0.0413. The molecule has 0 bridgehead atoms. The van der Waals surface area contributed by atoms with Crippen LogP contribution in [-0.4, -0.2) is 80.2 Å². The van der Waals surface area contributed by atoms with E-state index in [1.165, 1.54) is 10.9 Å². The number of aromatic nitrogens is 1. The first-order valence-electron chi connectivity index (χ1n) is 8.58. The van der Waals surface area contributed by atoms with Crippen LogP contribution >= 0.6 is 0 Å². The van der Waals surface area contributed by atoms with Gasteiger partial charge < -0.3 is 20.3 Å². The summed E-state index contributed by atoms with van der Waals surface area (Å²) < 4.78 is 41.9. The van der Waals surface area contributed by atoms with Gasteiger partial charge in [0.05, 0.1) is 22.8 Å². The van der Waals surface area contributed by atoms with Crippen LogP contribution in [0.5, 0.6) is 0 Å². The number of nitrogens with one attached hydrogen (secondary N) is 1. The van der Waals surface area contributed by atoms with Gasteiger partial charge in [-0.2, -0.15) is 8.42 Å². The minimum Gasteiger partial charge on any atom is -0.477 e. The Bertz CT molecular complexity index is 1070. The molecule has 3 N–H and O–H groups in total. The van der Waals surface area contributed by atoms with Crippen LogP contribution in [0.25, 0.3) is 10.9 Å². The number of hydrogen-bond acceptors (Lipinski definition) is 7. The van der Waals surface area contributed by atoms with Crippen LogP contribution < -0.4 is 15.8 Å². The third-order valence-electron chi connectivity index (χ3n) is 4.39. The number of carboxylic acid groups (broad SMARTS) is 1. The monoisotopic (exact) mass is 430 g/mol. The fourth-order valence-electron chi connectivity index (χ4n) is 2.96. The molecule has 1 aromatic heterocycles. The first kappa shape index (κ1) is 22.6. The lowest BCUT2D eigenvalue weighted by Gasteiger charge is -2.34. The lowest BCUT2D eigenvalue weighted by Crippen LogP contribution is -2.44. The number of anilines is 1. The van der Waals surface area contributed by atoms with Crippen molar-refractivity contribution < 1.29 is 27.3 Å². The summed E-state index contributed by atoms with van der Waals surface area (Å²) in [5.41, 5.74) is 2.59. The summed E-state index contributed by atoms with van der Waals surface area (Å²) in [5.74, 6) is -1.86. The fraction of sp³-hybridized carbons (Fsp3) is 0.412. The Balaban J connectivity index is 0.000000537. The maximum absolute atomic E-state index is 14.6. The average molecular weight is 430 g/mol. The summed E-state index contributed by atoms with van der Waals surface area (Å²) in [7, 11) is -0.0470. The zero-order chi connectivity index (χ0) is 21.9. The van der Waals surface area contributed by atoms with Gasteiger partial charge in [-0.1, -0.05) is 0 Å². The molecule has 0 amide bonds. The summed E-state index contributed by atoms with van der Waals surface area (Å²) >= 11 is 0. The van der Waals surface area contributed by atoms with Gasteiger partial charge in [-0.3, -0.25) is 14.0 Å². The van der Waals surface area contributed by atoms with Crippen molar-refractivity contribution in [2.75, 3.05) is 56.9 Å². The zero-order valence-corrected chi connectivity index (χ0v) is 17.0. The largest absolute Gasteiger partial charge is 0.477 e. The van der Waals surface area contributed by atoms with Gasteiger partial charge in [0, 0.05) is 39.4 Å². The highest BCUT2D eigenvalue weighted by Gasteiger charge is 2.21. The molecule has 0 aliphatic carbocycles. The van der Waals surface area contributed by atoms with E-state index in [9.17, 15) is 22.4 Å². The second-order valence-corrected chi connectivity index (χ2v) is 8.08. The van der Waals surface area contributed by atoms with Crippen LogP contribution in [0, 0.1) is 5.82 Å². The van der Waals surface area contributed by atoms with Gasteiger partial charge in [0.25, 0.3) is 10.1 Å². The number of benzene rings is 1. The van der Waals surface area contributed by atoms with Gasteiger partial charge in [0.2, 0.25) is 5.43 Å². The molecular formula is C17H23FN4O6S. The van der Waals surface area contributed by atoms with E-state index >= 15 is 0 Å². The number of halogens is 1. The second kappa shape index (κ2) is 8.76. The number of rotatable bonds is 3. The lowest BCUT2D eigenvalue weighted by molar-refractivity contribution is 0.0695. The summed E-state index contributed by atoms with van der Waals surface area (Å²) in [6.07, 6.45) is 1.94. The first-order chi connectivity index (χ1) is 13.4. The number of hydrogen-bond donors (Lipinski definition) is 3. The molecule has 1 aliphatic heterocycles. The molecule has 0 spiro atoms. The van der Waals surface area contributed by atoms with Gasteiger partial charge >= 0.3 is 5.97 Å². The molecule has 0 atom stereocenters. The zero-order valence-electron chi connectivity index (χ0n) is 16.2. The summed E-state index contributed by atoms with van der Waals surface area (Å²) in [4.78, 5) is 27.6. The van der Waals surface area contributed by atoms with Crippen molar-refractivity contribution in [2.45, 2.75) is 0 Å². The third-order valence-corrected chi connectivity index (χ3v) is 4.39.